The molecule has 3 fully saturated rings. The van der Waals surface area contributed by atoms with E-state index in [9.17, 15) is 15.3 Å². The van der Waals surface area contributed by atoms with Gasteiger partial charge >= 0.3 is 0 Å². The van der Waals surface area contributed by atoms with Crippen molar-refractivity contribution in [3.8, 4) is 0 Å². The van der Waals surface area contributed by atoms with Gasteiger partial charge in [-0.25, -0.2) is 0 Å². The van der Waals surface area contributed by atoms with Crippen LogP contribution in [0.3, 0.4) is 0 Å². The van der Waals surface area contributed by atoms with Gasteiger partial charge in [0.25, 0.3) is 0 Å². The van der Waals surface area contributed by atoms with Crippen LogP contribution < -0.4 is 0 Å². The zero-order valence-corrected chi connectivity index (χ0v) is 19.6. The minimum atomic E-state index is -0.618. The standard InChI is InChI=1S/C27H44O3/c1-17(2)25(29)13-8-18(3)23-11-12-24-20(7-6-14-27(23,24)5)9-10-21-15-22(28)16-26(30)19(21)4/h9-10,17-18,22-26,28-30H,4,6-8,11-16H2,1-3,5H3/b20-9+,21-10+. The van der Waals surface area contributed by atoms with E-state index in [1.54, 1.807) is 5.57 Å². The van der Waals surface area contributed by atoms with E-state index < -0.39 is 12.2 Å². The Bertz CT molecular complexity index is 676. The third-order valence-electron chi connectivity index (χ3n) is 8.68. The Kier molecular flexibility index (Phi) is 7.69. The molecule has 0 amide bonds. The summed E-state index contributed by atoms with van der Waals surface area (Å²) in [5, 5.41) is 30.4. The number of rotatable bonds is 6. The van der Waals surface area contributed by atoms with Crippen molar-refractivity contribution in [3.63, 3.8) is 0 Å². The fourth-order valence-corrected chi connectivity index (χ4v) is 6.65. The van der Waals surface area contributed by atoms with Gasteiger partial charge in [0.2, 0.25) is 0 Å². The van der Waals surface area contributed by atoms with E-state index in [2.05, 4.69) is 46.4 Å². The first-order valence-corrected chi connectivity index (χ1v) is 12.3. The molecule has 0 saturated heterocycles. The third kappa shape index (κ3) is 4.95. The van der Waals surface area contributed by atoms with Crippen molar-refractivity contribution in [1.82, 2.24) is 0 Å². The number of aliphatic hydroxyl groups is 3. The molecule has 7 unspecified atom stereocenters. The summed E-state index contributed by atoms with van der Waals surface area (Å²) in [5.74, 6) is 2.35. The fraction of sp³-hybridized carbons (Fsp3) is 0.778. The molecular weight excluding hydrogens is 372 g/mol. The Morgan fingerprint density at radius 3 is 2.57 bits per heavy atom. The van der Waals surface area contributed by atoms with E-state index in [1.807, 2.05) is 0 Å². The second kappa shape index (κ2) is 9.71. The van der Waals surface area contributed by atoms with E-state index in [0.29, 0.717) is 36.0 Å². The molecule has 3 heteroatoms. The van der Waals surface area contributed by atoms with Crippen molar-refractivity contribution < 1.29 is 15.3 Å². The molecule has 3 nitrogen and oxygen atoms in total. The van der Waals surface area contributed by atoms with Gasteiger partial charge in [-0.15, -0.1) is 0 Å². The summed E-state index contributed by atoms with van der Waals surface area (Å²) in [4.78, 5) is 0. The van der Waals surface area contributed by atoms with Crippen LogP contribution in [0.2, 0.25) is 0 Å². The van der Waals surface area contributed by atoms with Crippen LogP contribution in [0.25, 0.3) is 0 Å². The number of aliphatic hydroxyl groups excluding tert-OH is 3. The molecule has 0 spiro atoms. The number of fused-ring (bicyclic) bond motifs is 1. The lowest BCUT2D eigenvalue weighted by molar-refractivity contribution is 0.0717. The molecule has 3 aliphatic carbocycles. The Labute approximate surface area is 184 Å². The van der Waals surface area contributed by atoms with E-state index >= 15 is 0 Å². The first-order chi connectivity index (χ1) is 14.1. The summed E-state index contributed by atoms with van der Waals surface area (Å²) >= 11 is 0. The average molecular weight is 417 g/mol. The lowest BCUT2D eigenvalue weighted by Gasteiger charge is -2.44. The molecule has 0 heterocycles. The van der Waals surface area contributed by atoms with E-state index in [0.717, 1.165) is 36.3 Å². The second-order valence-electron chi connectivity index (χ2n) is 11.0. The second-order valence-corrected chi connectivity index (χ2v) is 11.0. The molecule has 3 N–H and O–H groups in total. The summed E-state index contributed by atoms with van der Waals surface area (Å²) in [6.45, 7) is 13.2. The largest absolute Gasteiger partial charge is 0.393 e. The molecule has 7 atom stereocenters. The van der Waals surface area contributed by atoms with Crippen LogP contribution in [0.15, 0.2) is 35.5 Å². The van der Waals surface area contributed by atoms with Crippen molar-refractivity contribution >= 4 is 0 Å². The van der Waals surface area contributed by atoms with E-state index in [1.165, 1.54) is 25.7 Å². The van der Waals surface area contributed by atoms with Crippen molar-refractivity contribution in [2.24, 2.45) is 29.1 Å². The molecule has 3 aliphatic rings. The summed E-state index contributed by atoms with van der Waals surface area (Å²) in [5.41, 5.74) is 3.69. The first-order valence-electron chi connectivity index (χ1n) is 12.3. The topological polar surface area (TPSA) is 60.7 Å². The Morgan fingerprint density at radius 2 is 1.87 bits per heavy atom. The molecule has 0 bridgehead atoms. The predicted molar refractivity (Wildman–Crippen MR) is 124 cm³/mol. The normalized spacial score (nSPS) is 39.5. The lowest BCUT2D eigenvalue weighted by atomic mass is 9.60. The quantitative estimate of drug-likeness (QED) is 0.531. The molecule has 3 saturated carbocycles. The summed E-state index contributed by atoms with van der Waals surface area (Å²) in [7, 11) is 0. The molecule has 0 aliphatic heterocycles. The number of allylic oxidation sites excluding steroid dienone is 3. The van der Waals surface area contributed by atoms with Crippen LogP contribution in [0.5, 0.6) is 0 Å². The van der Waals surface area contributed by atoms with Gasteiger partial charge in [-0.05, 0) is 91.6 Å². The van der Waals surface area contributed by atoms with Crippen LogP contribution in [0.1, 0.15) is 85.5 Å². The minimum absolute atomic E-state index is 0.180. The third-order valence-corrected chi connectivity index (χ3v) is 8.68. The monoisotopic (exact) mass is 416 g/mol. The van der Waals surface area contributed by atoms with Gasteiger partial charge in [0.05, 0.1) is 18.3 Å². The molecule has 170 valence electrons. The average Bonchev–Trinajstić information content (AvgIpc) is 3.04. The summed E-state index contributed by atoms with van der Waals surface area (Å²) < 4.78 is 0. The van der Waals surface area contributed by atoms with Crippen molar-refractivity contribution in [2.45, 2.75) is 104 Å². The highest BCUT2D eigenvalue weighted by Gasteiger charge is 2.50. The highest BCUT2D eigenvalue weighted by molar-refractivity contribution is 5.38. The number of hydrogen-bond acceptors (Lipinski definition) is 3. The van der Waals surface area contributed by atoms with Crippen LogP contribution >= 0.6 is 0 Å². The van der Waals surface area contributed by atoms with Gasteiger partial charge in [-0.3, -0.25) is 0 Å². The predicted octanol–water partition coefficient (Wildman–Crippen LogP) is 5.56. The molecule has 0 aromatic rings. The van der Waals surface area contributed by atoms with E-state index in [4.69, 9.17) is 0 Å². The van der Waals surface area contributed by atoms with Gasteiger partial charge in [-0.1, -0.05) is 52.0 Å². The smallest absolute Gasteiger partial charge is 0.0811 e. The van der Waals surface area contributed by atoms with Crippen LogP contribution in [0, 0.1) is 29.1 Å². The molecule has 0 aromatic carbocycles. The SMILES string of the molecule is C=C1/C(=C/C=C2\CCCC3(C)C2CCC3C(C)CCC(O)C(C)C)CC(O)CC1O. The van der Waals surface area contributed by atoms with E-state index in [-0.39, 0.29) is 6.10 Å². The highest BCUT2D eigenvalue weighted by atomic mass is 16.3. The van der Waals surface area contributed by atoms with Crippen molar-refractivity contribution in [2.75, 3.05) is 0 Å². The van der Waals surface area contributed by atoms with Gasteiger partial charge in [0, 0.05) is 6.42 Å². The maximum atomic E-state index is 10.3. The maximum absolute atomic E-state index is 10.3. The summed E-state index contributed by atoms with van der Waals surface area (Å²) in [6, 6.07) is 0. The minimum Gasteiger partial charge on any atom is -0.393 e. The van der Waals surface area contributed by atoms with Crippen LogP contribution in [0.4, 0.5) is 0 Å². The molecule has 30 heavy (non-hydrogen) atoms. The van der Waals surface area contributed by atoms with Crippen LogP contribution in [-0.4, -0.2) is 33.6 Å². The van der Waals surface area contributed by atoms with Crippen LogP contribution in [-0.2, 0) is 0 Å². The van der Waals surface area contributed by atoms with Gasteiger partial charge < -0.3 is 15.3 Å². The molecule has 3 rings (SSSR count). The maximum Gasteiger partial charge on any atom is 0.0811 e. The zero-order chi connectivity index (χ0) is 22.1. The Balaban J connectivity index is 1.72. The zero-order valence-electron chi connectivity index (χ0n) is 19.6. The van der Waals surface area contributed by atoms with Gasteiger partial charge in [-0.2, -0.15) is 0 Å². The van der Waals surface area contributed by atoms with Gasteiger partial charge in [0.15, 0.2) is 0 Å². The van der Waals surface area contributed by atoms with Gasteiger partial charge in [0.1, 0.15) is 0 Å². The molecule has 0 aromatic heterocycles. The van der Waals surface area contributed by atoms with Crippen molar-refractivity contribution in [1.29, 1.82) is 0 Å². The summed E-state index contributed by atoms with van der Waals surface area (Å²) in [6.07, 6.45) is 12.4. The Hall–Kier alpha value is -0.900. The molecular formula is C27H44O3. The fourth-order valence-electron chi connectivity index (χ4n) is 6.65. The Morgan fingerprint density at radius 1 is 1.13 bits per heavy atom. The van der Waals surface area contributed by atoms with Crippen molar-refractivity contribution in [3.05, 3.63) is 35.5 Å². The molecule has 0 radical (unpaired) electrons. The highest BCUT2D eigenvalue weighted by Crippen LogP contribution is 2.60. The lowest BCUT2D eigenvalue weighted by Crippen LogP contribution is -2.36. The first kappa shape index (κ1) is 23.8. The number of hydrogen-bond donors (Lipinski definition) is 3.